The molecule has 1 heterocycles. The lowest BCUT2D eigenvalue weighted by molar-refractivity contribution is -0.125. The number of hydrogen-bond donors (Lipinski definition) is 1. The molecule has 0 radical (unpaired) electrons. The van der Waals surface area contributed by atoms with Gasteiger partial charge in [-0.1, -0.05) is 43.5 Å². The van der Waals surface area contributed by atoms with Crippen LogP contribution in [0.5, 0.6) is 0 Å². The maximum absolute atomic E-state index is 11.7. The van der Waals surface area contributed by atoms with Gasteiger partial charge in [0.1, 0.15) is 0 Å². The van der Waals surface area contributed by atoms with Crippen LogP contribution in [-0.2, 0) is 4.79 Å². The summed E-state index contributed by atoms with van der Waals surface area (Å²) in [5, 5.41) is 4.85. The van der Waals surface area contributed by atoms with Crippen LogP contribution in [0, 0.1) is 5.92 Å². The van der Waals surface area contributed by atoms with Gasteiger partial charge in [0.2, 0.25) is 5.91 Å². The fourth-order valence-corrected chi connectivity index (χ4v) is 2.22. The predicted molar refractivity (Wildman–Crippen MR) is 73.8 cm³/mol. The first-order valence-corrected chi connectivity index (χ1v) is 6.71. The van der Waals surface area contributed by atoms with Gasteiger partial charge in [-0.3, -0.25) is 4.79 Å². The molecule has 0 saturated carbocycles. The second kappa shape index (κ2) is 6.01. The molecule has 96 valence electrons. The smallest absolute Gasteiger partial charge is 0.243 e. The molecule has 1 aromatic rings. The Morgan fingerprint density at radius 1 is 1.39 bits per heavy atom. The minimum atomic E-state index is 0.0427. The van der Waals surface area contributed by atoms with Crippen LogP contribution >= 0.6 is 11.6 Å². The van der Waals surface area contributed by atoms with E-state index in [0.29, 0.717) is 11.4 Å². The van der Waals surface area contributed by atoms with Gasteiger partial charge in [0.15, 0.2) is 0 Å². The van der Waals surface area contributed by atoms with Crippen molar-refractivity contribution in [2.24, 2.45) is 11.0 Å². The first kappa shape index (κ1) is 13.1. The van der Waals surface area contributed by atoms with Gasteiger partial charge in [0.25, 0.3) is 0 Å². The van der Waals surface area contributed by atoms with Crippen molar-refractivity contribution in [2.45, 2.75) is 32.6 Å². The third kappa shape index (κ3) is 3.10. The zero-order chi connectivity index (χ0) is 13.0. The van der Waals surface area contributed by atoms with E-state index in [0.717, 1.165) is 30.5 Å². The predicted octanol–water partition coefficient (Wildman–Crippen LogP) is 3.37. The summed E-state index contributed by atoms with van der Waals surface area (Å²) < 4.78 is 0. The van der Waals surface area contributed by atoms with Gasteiger partial charge in [-0.2, -0.15) is 5.10 Å². The summed E-state index contributed by atoms with van der Waals surface area (Å²) in [6.07, 6.45) is 3.82. The molecule has 18 heavy (non-hydrogen) atoms. The number of hydrogen-bond acceptors (Lipinski definition) is 2. The van der Waals surface area contributed by atoms with Crippen molar-refractivity contribution in [1.82, 2.24) is 5.43 Å². The summed E-state index contributed by atoms with van der Waals surface area (Å²) in [6, 6.07) is 7.57. The number of unbranched alkanes of at least 4 members (excludes halogenated alkanes) is 1. The monoisotopic (exact) mass is 264 g/mol. The molecule has 4 heteroatoms. The van der Waals surface area contributed by atoms with Crippen LogP contribution in [0.3, 0.4) is 0 Å². The largest absolute Gasteiger partial charge is 0.273 e. The molecule has 1 N–H and O–H groups in total. The zero-order valence-corrected chi connectivity index (χ0v) is 11.2. The molecule has 1 aromatic carbocycles. The topological polar surface area (TPSA) is 41.5 Å². The number of rotatable bonds is 4. The number of amides is 1. The lowest BCUT2D eigenvalue weighted by Gasteiger charge is -2.21. The van der Waals surface area contributed by atoms with Crippen molar-refractivity contribution in [3.05, 3.63) is 34.9 Å². The summed E-state index contributed by atoms with van der Waals surface area (Å²) >= 11 is 5.86. The Morgan fingerprint density at radius 2 is 2.11 bits per heavy atom. The number of benzene rings is 1. The van der Waals surface area contributed by atoms with Gasteiger partial charge >= 0.3 is 0 Å². The molecule has 0 spiro atoms. The minimum Gasteiger partial charge on any atom is -0.273 e. The zero-order valence-electron chi connectivity index (χ0n) is 10.4. The van der Waals surface area contributed by atoms with Crippen LogP contribution in [0.2, 0.25) is 5.02 Å². The van der Waals surface area contributed by atoms with E-state index in [2.05, 4.69) is 17.5 Å². The number of carbonyl (C=O) groups is 1. The van der Waals surface area contributed by atoms with Crippen molar-refractivity contribution in [3.8, 4) is 0 Å². The molecule has 0 fully saturated rings. The van der Waals surface area contributed by atoms with Crippen LogP contribution in [0.15, 0.2) is 29.4 Å². The number of carbonyl (C=O) groups excluding carboxylic acids is 1. The number of nitrogens with zero attached hydrogens (tertiary/aromatic N) is 1. The molecule has 0 aromatic heterocycles. The molecule has 1 unspecified atom stereocenters. The molecule has 1 aliphatic rings. The van der Waals surface area contributed by atoms with E-state index in [1.54, 1.807) is 0 Å². The molecule has 1 atom stereocenters. The van der Waals surface area contributed by atoms with Crippen LogP contribution in [0.4, 0.5) is 0 Å². The summed E-state index contributed by atoms with van der Waals surface area (Å²) in [6.45, 7) is 2.13. The molecule has 0 bridgehead atoms. The molecular weight excluding hydrogens is 248 g/mol. The Balaban J connectivity index is 2.10. The second-order valence-electron chi connectivity index (χ2n) is 4.58. The van der Waals surface area contributed by atoms with E-state index in [1.165, 1.54) is 0 Å². The van der Waals surface area contributed by atoms with Crippen molar-refractivity contribution >= 4 is 23.2 Å². The third-order valence-electron chi connectivity index (χ3n) is 3.20. The highest BCUT2D eigenvalue weighted by atomic mass is 35.5. The number of nitrogens with one attached hydrogen (secondary N) is 1. The van der Waals surface area contributed by atoms with E-state index >= 15 is 0 Å². The Morgan fingerprint density at radius 3 is 2.78 bits per heavy atom. The standard InChI is InChI=1S/C14H17ClN2O/c1-2-3-4-11-9-13(16-17-14(11)18)10-5-7-12(15)8-6-10/h5-8,11H,2-4,9H2,1H3,(H,17,18). The van der Waals surface area contributed by atoms with Crippen LogP contribution in [0.1, 0.15) is 38.2 Å². The SMILES string of the molecule is CCCCC1CC(c2ccc(Cl)cc2)=NNC1=O. The Kier molecular flexibility index (Phi) is 4.37. The molecule has 1 amide bonds. The third-order valence-corrected chi connectivity index (χ3v) is 3.45. The fourth-order valence-electron chi connectivity index (χ4n) is 2.09. The van der Waals surface area contributed by atoms with E-state index < -0.39 is 0 Å². The lowest BCUT2D eigenvalue weighted by atomic mass is 9.91. The lowest BCUT2D eigenvalue weighted by Crippen LogP contribution is -2.34. The molecule has 0 aliphatic carbocycles. The second-order valence-corrected chi connectivity index (χ2v) is 5.02. The highest BCUT2D eigenvalue weighted by Crippen LogP contribution is 2.21. The van der Waals surface area contributed by atoms with Crippen LogP contribution < -0.4 is 5.43 Å². The van der Waals surface area contributed by atoms with Crippen LogP contribution in [0.25, 0.3) is 0 Å². The fraction of sp³-hybridized carbons (Fsp3) is 0.429. The first-order chi connectivity index (χ1) is 8.70. The van der Waals surface area contributed by atoms with E-state index in [9.17, 15) is 4.79 Å². The number of halogens is 1. The van der Waals surface area contributed by atoms with Gasteiger partial charge in [0.05, 0.1) is 5.71 Å². The maximum atomic E-state index is 11.7. The minimum absolute atomic E-state index is 0.0427. The van der Waals surface area contributed by atoms with Gasteiger partial charge < -0.3 is 0 Å². The van der Waals surface area contributed by atoms with Crippen molar-refractivity contribution in [2.75, 3.05) is 0 Å². The average Bonchev–Trinajstić information content (AvgIpc) is 2.39. The summed E-state index contributed by atoms with van der Waals surface area (Å²) in [5.41, 5.74) is 4.59. The summed E-state index contributed by atoms with van der Waals surface area (Å²) in [4.78, 5) is 11.7. The average molecular weight is 265 g/mol. The first-order valence-electron chi connectivity index (χ1n) is 6.33. The molecular formula is C14H17ClN2O. The van der Waals surface area contributed by atoms with Crippen LogP contribution in [-0.4, -0.2) is 11.6 Å². The van der Waals surface area contributed by atoms with Crippen molar-refractivity contribution in [3.63, 3.8) is 0 Å². The summed E-state index contributed by atoms with van der Waals surface area (Å²) in [5.74, 6) is 0.0919. The number of hydrazone groups is 1. The van der Waals surface area contributed by atoms with E-state index in [-0.39, 0.29) is 11.8 Å². The van der Waals surface area contributed by atoms with Gasteiger partial charge in [-0.15, -0.1) is 0 Å². The van der Waals surface area contributed by atoms with E-state index in [4.69, 9.17) is 11.6 Å². The molecule has 3 nitrogen and oxygen atoms in total. The summed E-state index contributed by atoms with van der Waals surface area (Å²) in [7, 11) is 0. The maximum Gasteiger partial charge on any atom is 0.243 e. The highest BCUT2D eigenvalue weighted by Gasteiger charge is 2.24. The molecule has 2 rings (SSSR count). The van der Waals surface area contributed by atoms with E-state index in [1.807, 2.05) is 24.3 Å². The Labute approximate surface area is 112 Å². The van der Waals surface area contributed by atoms with Gasteiger partial charge in [-0.05, 0) is 24.1 Å². The normalized spacial score (nSPS) is 19.3. The highest BCUT2D eigenvalue weighted by molar-refractivity contribution is 6.30. The molecule has 1 aliphatic heterocycles. The molecule has 0 saturated heterocycles. The quantitative estimate of drug-likeness (QED) is 0.890. The van der Waals surface area contributed by atoms with Gasteiger partial charge in [-0.25, -0.2) is 5.43 Å². The Hall–Kier alpha value is -1.35. The van der Waals surface area contributed by atoms with Gasteiger partial charge in [0, 0.05) is 17.4 Å². The van der Waals surface area contributed by atoms with Crippen molar-refractivity contribution < 1.29 is 4.79 Å². The Bertz CT molecular complexity index is 453. The van der Waals surface area contributed by atoms with Crippen molar-refractivity contribution in [1.29, 1.82) is 0 Å².